The summed E-state index contributed by atoms with van der Waals surface area (Å²) < 4.78 is 54.7. The largest absolute Gasteiger partial charge is 0.426 e. The van der Waals surface area contributed by atoms with Crippen LogP contribution in [0, 0.1) is 23.4 Å². The van der Waals surface area contributed by atoms with Gasteiger partial charge in [0.2, 0.25) is 0 Å². The molecule has 0 radical (unpaired) electrons. The van der Waals surface area contributed by atoms with E-state index < -0.39 is 23.4 Å². The Balaban J connectivity index is 1.34. The molecule has 35 heavy (non-hydrogen) atoms. The van der Waals surface area contributed by atoms with Crippen molar-refractivity contribution in [3.05, 3.63) is 64.5 Å². The van der Waals surface area contributed by atoms with Gasteiger partial charge in [0, 0.05) is 18.2 Å². The van der Waals surface area contributed by atoms with E-state index in [9.17, 15) is 18.7 Å². The number of benzene rings is 2. The molecule has 0 spiro atoms. The van der Waals surface area contributed by atoms with Crippen LogP contribution in [0.5, 0.6) is 5.75 Å². The summed E-state index contributed by atoms with van der Waals surface area (Å²) in [4.78, 5) is 12.6. The Hall–Kier alpha value is -2.38. The summed E-state index contributed by atoms with van der Waals surface area (Å²) in [5.74, 6) is -2.93. The van der Waals surface area contributed by atoms with E-state index in [1.165, 1.54) is 6.07 Å². The van der Waals surface area contributed by atoms with E-state index >= 15 is 4.39 Å². The van der Waals surface area contributed by atoms with E-state index in [-0.39, 0.29) is 36.2 Å². The second-order valence-electron chi connectivity index (χ2n) is 9.74. The maximum Gasteiger partial charge on any atom is 0.314 e. The van der Waals surface area contributed by atoms with Crippen LogP contribution in [0.15, 0.2) is 30.3 Å². The van der Waals surface area contributed by atoms with Crippen molar-refractivity contribution in [2.75, 3.05) is 6.61 Å². The minimum atomic E-state index is -0.790. The Morgan fingerprint density at radius 2 is 1.46 bits per heavy atom. The number of aliphatic hydroxyl groups is 1. The highest BCUT2D eigenvalue weighted by Gasteiger charge is 2.32. The van der Waals surface area contributed by atoms with E-state index in [1.54, 1.807) is 24.3 Å². The molecule has 0 saturated heterocycles. The Kier molecular flexibility index (Phi) is 8.50. The first-order valence-electron chi connectivity index (χ1n) is 12.6. The highest BCUT2D eigenvalue weighted by Crippen LogP contribution is 2.41. The number of rotatable bonds is 7. The van der Waals surface area contributed by atoms with Gasteiger partial charge in [-0.25, -0.2) is 13.2 Å². The summed E-state index contributed by atoms with van der Waals surface area (Å²) in [5, 5.41) is 9.68. The third-order valence-corrected chi connectivity index (χ3v) is 7.48. The van der Waals surface area contributed by atoms with Crippen molar-refractivity contribution < 1.29 is 32.5 Å². The molecule has 190 valence electrons. The molecule has 0 aromatic heterocycles. The van der Waals surface area contributed by atoms with Gasteiger partial charge >= 0.3 is 5.97 Å². The normalized spacial score (nSPS) is 24.8. The molecule has 2 saturated carbocycles. The summed E-state index contributed by atoms with van der Waals surface area (Å²) in [5.41, 5.74) is 1.16. The Morgan fingerprint density at radius 3 is 2.00 bits per heavy atom. The minimum Gasteiger partial charge on any atom is -0.426 e. The average molecular weight is 491 g/mol. The molecule has 2 aliphatic rings. The Morgan fingerprint density at radius 1 is 0.886 bits per heavy atom. The standard InChI is InChI=1S/C28H33F3O4/c1-2-34-16-20-9-12-22(15-25(20)29)35-28(33)19-5-3-17(4-6-19)23-13-14-24(27(31)26(23)30)18-7-10-21(32)11-8-18/h9,12-15,17-19,21,32H,2-8,10-11,16H2,1H3. The molecule has 0 amide bonds. The molecule has 2 aromatic carbocycles. The molecular formula is C28H33F3O4. The van der Waals surface area contributed by atoms with Gasteiger partial charge in [0.05, 0.1) is 18.6 Å². The van der Waals surface area contributed by atoms with Crippen molar-refractivity contribution in [2.24, 2.45) is 5.92 Å². The summed E-state index contributed by atoms with van der Waals surface area (Å²) in [6, 6.07) is 7.66. The summed E-state index contributed by atoms with van der Waals surface area (Å²) >= 11 is 0. The molecule has 2 aliphatic carbocycles. The maximum absolute atomic E-state index is 15.0. The van der Waals surface area contributed by atoms with Crippen molar-refractivity contribution >= 4 is 5.97 Å². The molecule has 1 N–H and O–H groups in total. The van der Waals surface area contributed by atoms with Gasteiger partial charge in [-0.05, 0) is 87.3 Å². The zero-order chi connectivity index (χ0) is 24.9. The van der Waals surface area contributed by atoms with Crippen LogP contribution in [-0.4, -0.2) is 23.8 Å². The van der Waals surface area contributed by atoms with Crippen molar-refractivity contribution in [2.45, 2.75) is 82.8 Å². The third kappa shape index (κ3) is 6.07. The Bertz CT molecular complexity index is 1030. The highest BCUT2D eigenvalue weighted by atomic mass is 19.2. The van der Waals surface area contributed by atoms with E-state index in [1.807, 2.05) is 6.92 Å². The van der Waals surface area contributed by atoms with Gasteiger partial charge in [0.1, 0.15) is 11.6 Å². The number of ether oxygens (including phenoxy) is 2. The van der Waals surface area contributed by atoms with Gasteiger partial charge in [0.15, 0.2) is 11.6 Å². The predicted molar refractivity (Wildman–Crippen MR) is 126 cm³/mol. The van der Waals surface area contributed by atoms with Crippen LogP contribution in [0.1, 0.15) is 86.8 Å². The lowest BCUT2D eigenvalue weighted by Gasteiger charge is -2.29. The van der Waals surface area contributed by atoms with Crippen LogP contribution >= 0.6 is 0 Å². The molecule has 0 heterocycles. The van der Waals surface area contributed by atoms with Crippen LogP contribution in [0.25, 0.3) is 0 Å². The molecule has 0 unspecified atom stereocenters. The van der Waals surface area contributed by atoms with Crippen LogP contribution in [0.3, 0.4) is 0 Å². The van der Waals surface area contributed by atoms with Crippen molar-refractivity contribution in [1.29, 1.82) is 0 Å². The number of hydrogen-bond acceptors (Lipinski definition) is 4. The number of aliphatic hydroxyl groups excluding tert-OH is 1. The Labute approximate surface area is 204 Å². The summed E-state index contributed by atoms with van der Waals surface area (Å²) in [6.07, 6.45) is 4.27. The van der Waals surface area contributed by atoms with Gasteiger partial charge in [-0.3, -0.25) is 4.79 Å². The van der Waals surface area contributed by atoms with Crippen LogP contribution in [0.4, 0.5) is 13.2 Å². The first-order chi connectivity index (χ1) is 16.9. The topological polar surface area (TPSA) is 55.8 Å². The number of hydrogen-bond donors (Lipinski definition) is 1. The second kappa shape index (κ2) is 11.6. The number of carbonyl (C=O) groups is 1. The van der Waals surface area contributed by atoms with Crippen LogP contribution < -0.4 is 4.74 Å². The van der Waals surface area contributed by atoms with Gasteiger partial charge in [-0.15, -0.1) is 0 Å². The van der Waals surface area contributed by atoms with Crippen molar-refractivity contribution in [3.8, 4) is 5.75 Å². The SMILES string of the molecule is CCOCc1ccc(OC(=O)C2CCC(c3ccc(C4CCC(O)CC4)c(F)c3F)CC2)cc1F. The number of carbonyl (C=O) groups excluding carboxylic acids is 1. The lowest BCUT2D eigenvalue weighted by atomic mass is 9.77. The molecule has 7 heteroatoms. The molecule has 0 atom stereocenters. The monoisotopic (exact) mass is 490 g/mol. The number of halogens is 3. The highest BCUT2D eigenvalue weighted by molar-refractivity contribution is 5.75. The zero-order valence-electron chi connectivity index (χ0n) is 20.1. The van der Waals surface area contributed by atoms with Gasteiger partial charge in [-0.1, -0.05) is 18.2 Å². The minimum absolute atomic E-state index is 0.0643. The second-order valence-corrected chi connectivity index (χ2v) is 9.74. The van der Waals surface area contributed by atoms with E-state index in [0.717, 1.165) is 0 Å². The van der Waals surface area contributed by atoms with Gasteiger partial charge in [-0.2, -0.15) is 0 Å². The molecule has 0 aliphatic heterocycles. The average Bonchev–Trinajstić information content (AvgIpc) is 2.86. The predicted octanol–water partition coefficient (Wildman–Crippen LogP) is 6.54. The van der Waals surface area contributed by atoms with Gasteiger partial charge in [0.25, 0.3) is 0 Å². The summed E-state index contributed by atoms with van der Waals surface area (Å²) in [6.45, 7) is 2.46. The zero-order valence-corrected chi connectivity index (χ0v) is 20.1. The van der Waals surface area contributed by atoms with E-state index in [4.69, 9.17) is 9.47 Å². The van der Waals surface area contributed by atoms with E-state index in [2.05, 4.69) is 0 Å². The first-order valence-corrected chi connectivity index (χ1v) is 12.6. The fourth-order valence-corrected chi connectivity index (χ4v) is 5.36. The van der Waals surface area contributed by atoms with Crippen molar-refractivity contribution in [1.82, 2.24) is 0 Å². The smallest absolute Gasteiger partial charge is 0.314 e. The van der Waals surface area contributed by atoms with Crippen LogP contribution in [-0.2, 0) is 16.1 Å². The molecule has 4 rings (SSSR count). The van der Waals surface area contributed by atoms with Gasteiger partial charge < -0.3 is 14.6 Å². The molecule has 0 bridgehead atoms. The molecule has 4 nitrogen and oxygen atoms in total. The van der Waals surface area contributed by atoms with E-state index in [0.29, 0.717) is 74.7 Å². The molecular weight excluding hydrogens is 457 g/mol. The van der Waals surface area contributed by atoms with Crippen LogP contribution in [0.2, 0.25) is 0 Å². The van der Waals surface area contributed by atoms with Crippen molar-refractivity contribution in [3.63, 3.8) is 0 Å². The quantitative estimate of drug-likeness (QED) is 0.354. The molecule has 2 aromatic rings. The fraction of sp³-hybridized carbons (Fsp3) is 0.536. The maximum atomic E-state index is 15.0. The molecule has 2 fully saturated rings. The first kappa shape index (κ1) is 25.7. The lowest BCUT2D eigenvalue weighted by Crippen LogP contribution is -2.25. The lowest BCUT2D eigenvalue weighted by molar-refractivity contribution is -0.140. The fourth-order valence-electron chi connectivity index (χ4n) is 5.36. The summed E-state index contributed by atoms with van der Waals surface area (Å²) in [7, 11) is 0. The number of esters is 1. The third-order valence-electron chi connectivity index (χ3n) is 7.48.